The van der Waals surface area contributed by atoms with Crippen LogP contribution in [0.15, 0.2) is 18.3 Å². The number of rotatable bonds is 1. The summed E-state index contributed by atoms with van der Waals surface area (Å²) in [6, 6.07) is 3.38. The summed E-state index contributed by atoms with van der Waals surface area (Å²) in [6.45, 7) is 0. The first-order chi connectivity index (χ1) is 8.18. The zero-order valence-corrected chi connectivity index (χ0v) is 9.53. The first kappa shape index (κ1) is 10.2. The molecule has 0 spiro atoms. The first-order valence-electron chi connectivity index (χ1n) is 4.86. The molecule has 0 unspecified atom stereocenters. The van der Waals surface area contributed by atoms with Crippen molar-refractivity contribution in [1.29, 1.82) is 0 Å². The van der Waals surface area contributed by atoms with Crippen LogP contribution in [0.5, 0.6) is 0 Å². The summed E-state index contributed by atoms with van der Waals surface area (Å²) in [6.07, 6.45) is 1.72. The number of hydrogen-bond donors (Lipinski definition) is 1. The summed E-state index contributed by atoms with van der Waals surface area (Å²) in [4.78, 5) is 2.96. The van der Waals surface area contributed by atoms with Gasteiger partial charge in [-0.1, -0.05) is 11.6 Å². The Hall–Kier alpha value is -1.95. The second-order valence-electron chi connectivity index (χ2n) is 3.62. The van der Waals surface area contributed by atoms with Gasteiger partial charge in [-0.3, -0.25) is 0 Å². The summed E-state index contributed by atoms with van der Waals surface area (Å²) >= 11 is 5.85. The maximum Gasteiger partial charge on any atom is 0.186 e. The van der Waals surface area contributed by atoms with Crippen LogP contribution in [-0.2, 0) is 7.05 Å². The Bertz CT molecular complexity index is 702. The summed E-state index contributed by atoms with van der Waals surface area (Å²) in [5.74, 6) is -0.197. The Balaban J connectivity index is 2.45. The molecule has 1 aromatic carbocycles. The molecule has 0 aliphatic rings. The van der Waals surface area contributed by atoms with E-state index >= 15 is 0 Å². The molecule has 2 heterocycles. The lowest BCUT2D eigenvalue weighted by Gasteiger charge is -2.05. The molecule has 0 atom stereocenters. The van der Waals surface area contributed by atoms with Gasteiger partial charge in [-0.2, -0.15) is 0 Å². The monoisotopic (exact) mass is 251 g/mol. The molecule has 3 aromatic rings. The molecule has 0 saturated carbocycles. The maximum absolute atomic E-state index is 14.1. The molecule has 0 saturated heterocycles. The van der Waals surface area contributed by atoms with Crippen LogP contribution in [0.3, 0.4) is 0 Å². The van der Waals surface area contributed by atoms with Gasteiger partial charge in [0.25, 0.3) is 0 Å². The Morgan fingerprint density at radius 2 is 2.29 bits per heavy atom. The minimum absolute atomic E-state index is 0.0510. The molecule has 0 radical (unpaired) electrons. The highest BCUT2D eigenvalue weighted by molar-refractivity contribution is 6.32. The fourth-order valence-corrected chi connectivity index (χ4v) is 2.01. The SMILES string of the molecule is Cn1nnnc1-c1c(F)c(Cl)cc2cc[nH]c12. The Kier molecular flexibility index (Phi) is 2.12. The third-order valence-corrected chi connectivity index (χ3v) is 2.86. The number of nitrogens with zero attached hydrogens (tertiary/aromatic N) is 4. The van der Waals surface area contributed by atoms with Gasteiger partial charge in [0.05, 0.1) is 16.1 Å². The van der Waals surface area contributed by atoms with Crippen molar-refractivity contribution >= 4 is 22.5 Å². The van der Waals surface area contributed by atoms with E-state index in [4.69, 9.17) is 11.6 Å². The van der Waals surface area contributed by atoms with Gasteiger partial charge in [-0.25, -0.2) is 9.07 Å². The van der Waals surface area contributed by atoms with Gasteiger partial charge in [0, 0.05) is 18.6 Å². The number of fused-ring (bicyclic) bond motifs is 1. The number of aryl methyl sites for hydroxylation is 1. The van der Waals surface area contributed by atoms with Crippen molar-refractivity contribution < 1.29 is 4.39 Å². The van der Waals surface area contributed by atoms with Crippen LogP contribution in [0.4, 0.5) is 4.39 Å². The van der Waals surface area contributed by atoms with Gasteiger partial charge >= 0.3 is 0 Å². The summed E-state index contributed by atoms with van der Waals surface area (Å²) in [7, 11) is 1.64. The van der Waals surface area contributed by atoms with Crippen LogP contribution < -0.4 is 0 Å². The first-order valence-corrected chi connectivity index (χ1v) is 5.24. The molecule has 0 aliphatic heterocycles. The Morgan fingerprint density at radius 3 is 3.00 bits per heavy atom. The highest BCUT2D eigenvalue weighted by Gasteiger charge is 2.19. The largest absolute Gasteiger partial charge is 0.360 e. The normalized spacial score (nSPS) is 11.2. The molecular formula is C10H7ClFN5. The van der Waals surface area contributed by atoms with E-state index in [1.54, 1.807) is 19.3 Å². The molecule has 3 rings (SSSR count). The minimum atomic E-state index is -0.528. The lowest BCUT2D eigenvalue weighted by molar-refractivity contribution is 0.629. The third kappa shape index (κ3) is 1.41. The molecule has 5 nitrogen and oxygen atoms in total. The Morgan fingerprint density at radius 1 is 1.47 bits per heavy atom. The fraction of sp³-hybridized carbons (Fsp3) is 0.100. The van der Waals surface area contributed by atoms with Gasteiger partial charge in [0.1, 0.15) is 0 Å². The number of aromatic amines is 1. The van der Waals surface area contributed by atoms with Crippen LogP contribution in [0.1, 0.15) is 0 Å². The van der Waals surface area contributed by atoms with E-state index in [9.17, 15) is 4.39 Å². The molecule has 0 bridgehead atoms. The standard InChI is InChI=1S/C10H7ClFN5/c1-17-10(14-15-16-17)7-8(12)6(11)4-5-2-3-13-9(5)7/h2-4,13H,1H3. The average Bonchev–Trinajstić information content (AvgIpc) is 2.89. The smallest absolute Gasteiger partial charge is 0.186 e. The zero-order chi connectivity index (χ0) is 12.0. The maximum atomic E-state index is 14.1. The van der Waals surface area contributed by atoms with Crippen LogP contribution in [0.2, 0.25) is 5.02 Å². The number of tetrazole rings is 1. The van der Waals surface area contributed by atoms with E-state index in [1.807, 2.05) is 6.07 Å². The molecule has 86 valence electrons. The summed E-state index contributed by atoms with van der Waals surface area (Å²) in [5.41, 5.74) is 0.912. The molecule has 17 heavy (non-hydrogen) atoms. The molecule has 1 N–H and O–H groups in total. The van der Waals surface area contributed by atoms with Crippen molar-refractivity contribution in [2.45, 2.75) is 0 Å². The van der Waals surface area contributed by atoms with Crippen molar-refractivity contribution in [2.75, 3.05) is 0 Å². The van der Waals surface area contributed by atoms with Crippen molar-refractivity contribution in [3.05, 3.63) is 29.2 Å². The number of benzene rings is 1. The lowest BCUT2D eigenvalue weighted by atomic mass is 10.1. The molecule has 0 fully saturated rings. The fourth-order valence-electron chi connectivity index (χ4n) is 1.80. The number of halogens is 2. The van der Waals surface area contributed by atoms with E-state index in [2.05, 4.69) is 20.5 Å². The summed E-state index contributed by atoms with van der Waals surface area (Å²) in [5, 5.41) is 11.9. The minimum Gasteiger partial charge on any atom is -0.360 e. The second-order valence-corrected chi connectivity index (χ2v) is 4.02. The van der Waals surface area contributed by atoms with Crippen LogP contribution in [0.25, 0.3) is 22.3 Å². The number of nitrogens with one attached hydrogen (secondary N) is 1. The highest BCUT2D eigenvalue weighted by atomic mass is 35.5. The topological polar surface area (TPSA) is 59.4 Å². The van der Waals surface area contributed by atoms with Crippen LogP contribution in [-0.4, -0.2) is 25.2 Å². The molecule has 0 aliphatic carbocycles. The highest BCUT2D eigenvalue weighted by Crippen LogP contribution is 2.33. The molecular weight excluding hydrogens is 245 g/mol. The Labute approximate surface area is 100 Å². The van der Waals surface area contributed by atoms with Gasteiger partial charge in [0.2, 0.25) is 0 Å². The zero-order valence-electron chi connectivity index (χ0n) is 8.78. The predicted molar refractivity (Wildman–Crippen MR) is 61.1 cm³/mol. The lowest BCUT2D eigenvalue weighted by Crippen LogP contribution is -1.98. The van der Waals surface area contributed by atoms with E-state index in [1.165, 1.54) is 4.68 Å². The summed E-state index contributed by atoms with van der Waals surface area (Å²) < 4.78 is 15.5. The van der Waals surface area contributed by atoms with Crippen LogP contribution in [0, 0.1) is 5.82 Å². The van der Waals surface area contributed by atoms with Gasteiger partial charge in [-0.15, -0.1) is 5.10 Å². The predicted octanol–water partition coefficient (Wildman–Crippen LogP) is 2.15. The van der Waals surface area contributed by atoms with Crippen molar-refractivity contribution in [1.82, 2.24) is 25.2 Å². The van der Waals surface area contributed by atoms with Gasteiger partial charge < -0.3 is 4.98 Å². The molecule has 0 amide bonds. The van der Waals surface area contributed by atoms with Gasteiger partial charge in [-0.05, 0) is 22.6 Å². The van der Waals surface area contributed by atoms with E-state index < -0.39 is 5.82 Å². The van der Waals surface area contributed by atoms with E-state index in [0.717, 1.165) is 5.39 Å². The number of hydrogen-bond acceptors (Lipinski definition) is 3. The average molecular weight is 252 g/mol. The van der Waals surface area contributed by atoms with Crippen molar-refractivity contribution in [3.8, 4) is 11.4 Å². The van der Waals surface area contributed by atoms with Crippen molar-refractivity contribution in [3.63, 3.8) is 0 Å². The third-order valence-electron chi connectivity index (χ3n) is 2.58. The van der Waals surface area contributed by atoms with Crippen molar-refractivity contribution in [2.24, 2.45) is 7.05 Å². The molecule has 7 heteroatoms. The number of aromatic nitrogens is 5. The van der Waals surface area contributed by atoms with Gasteiger partial charge in [0.15, 0.2) is 11.6 Å². The van der Waals surface area contributed by atoms with Crippen LogP contribution >= 0.6 is 11.6 Å². The second kappa shape index (κ2) is 3.53. The van der Waals surface area contributed by atoms with E-state index in [-0.39, 0.29) is 10.6 Å². The number of H-pyrrole nitrogens is 1. The molecule has 2 aromatic heterocycles. The quantitative estimate of drug-likeness (QED) is 0.721. The van der Waals surface area contributed by atoms with E-state index in [0.29, 0.717) is 11.3 Å².